The maximum atomic E-state index is 11.9. The molecule has 0 N–H and O–H groups in total. The molecular formula is C15H12O3S. The zero-order valence-electron chi connectivity index (χ0n) is 10.6. The lowest BCUT2D eigenvalue weighted by atomic mass is 10.1. The molecule has 0 atom stereocenters. The van der Waals surface area contributed by atoms with Crippen LogP contribution >= 0.6 is 11.3 Å². The molecule has 0 unspecified atom stereocenters. The normalized spacial score (nSPS) is 10.8. The molecule has 0 aliphatic heterocycles. The first-order valence-corrected chi connectivity index (χ1v) is 6.64. The lowest BCUT2D eigenvalue weighted by molar-refractivity contribution is 0.0603. The number of rotatable bonds is 2. The van der Waals surface area contributed by atoms with Crippen molar-refractivity contribution in [3.05, 3.63) is 42.0 Å². The average Bonchev–Trinajstić information content (AvgIpc) is 2.85. The maximum Gasteiger partial charge on any atom is 0.338 e. The second-order valence-electron chi connectivity index (χ2n) is 4.11. The molecule has 19 heavy (non-hydrogen) atoms. The molecule has 3 rings (SSSR count). The van der Waals surface area contributed by atoms with Crippen LogP contribution in [-0.2, 0) is 4.74 Å². The quantitative estimate of drug-likeness (QED) is 0.665. The number of methoxy groups -OCH3 is 2. The molecule has 0 radical (unpaired) electrons. The number of benzene rings is 2. The van der Waals surface area contributed by atoms with E-state index in [9.17, 15) is 4.79 Å². The van der Waals surface area contributed by atoms with Crippen LogP contribution in [0.25, 0.3) is 20.2 Å². The van der Waals surface area contributed by atoms with Crippen LogP contribution in [0.4, 0.5) is 0 Å². The molecule has 3 nitrogen and oxygen atoms in total. The zero-order valence-corrected chi connectivity index (χ0v) is 11.4. The van der Waals surface area contributed by atoms with Crippen molar-refractivity contribution in [3.63, 3.8) is 0 Å². The third kappa shape index (κ3) is 1.76. The van der Waals surface area contributed by atoms with E-state index >= 15 is 0 Å². The third-order valence-electron chi connectivity index (χ3n) is 3.12. The molecule has 96 valence electrons. The van der Waals surface area contributed by atoms with Crippen molar-refractivity contribution >= 4 is 37.5 Å². The van der Waals surface area contributed by atoms with Crippen LogP contribution in [0.5, 0.6) is 5.75 Å². The largest absolute Gasteiger partial charge is 0.495 e. The number of fused-ring (bicyclic) bond motifs is 3. The molecule has 2 aromatic carbocycles. The highest BCUT2D eigenvalue weighted by Gasteiger charge is 2.17. The van der Waals surface area contributed by atoms with Gasteiger partial charge in [-0.25, -0.2) is 4.79 Å². The fourth-order valence-electron chi connectivity index (χ4n) is 2.25. The summed E-state index contributed by atoms with van der Waals surface area (Å²) in [6, 6.07) is 11.6. The molecule has 1 aromatic heterocycles. The fraction of sp³-hybridized carbons (Fsp3) is 0.133. The van der Waals surface area contributed by atoms with Gasteiger partial charge in [0.15, 0.2) is 0 Å². The summed E-state index contributed by atoms with van der Waals surface area (Å²) < 4.78 is 12.4. The predicted molar refractivity (Wildman–Crippen MR) is 77.2 cm³/mol. The van der Waals surface area contributed by atoms with Gasteiger partial charge in [-0.3, -0.25) is 0 Å². The van der Waals surface area contributed by atoms with Crippen LogP contribution in [0.2, 0.25) is 0 Å². The topological polar surface area (TPSA) is 35.5 Å². The van der Waals surface area contributed by atoms with Gasteiger partial charge in [0.05, 0.1) is 24.5 Å². The van der Waals surface area contributed by atoms with E-state index in [1.807, 2.05) is 30.3 Å². The smallest absolute Gasteiger partial charge is 0.338 e. The zero-order chi connectivity index (χ0) is 13.4. The second-order valence-corrected chi connectivity index (χ2v) is 5.16. The minimum atomic E-state index is -0.323. The standard InChI is InChI=1S/C15H12O3S/c1-17-11-8-7-10(15(16)18-2)13-9-5-3-4-6-12(9)19-14(11)13/h3-8H,1-2H3. The third-order valence-corrected chi connectivity index (χ3v) is 4.30. The van der Waals surface area contributed by atoms with Crippen LogP contribution in [-0.4, -0.2) is 20.2 Å². The average molecular weight is 272 g/mol. The molecular weight excluding hydrogens is 260 g/mol. The number of hydrogen-bond donors (Lipinski definition) is 0. The van der Waals surface area contributed by atoms with Gasteiger partial charge in [-0.05, 0) is 18.2 Å². The van der Waals surface area contributed by atoms with Gasteiger partial charge >= 0.3 is 5.97 Å². The van der Waals surface area contributed by atoms with Gasteiger partial charge in [-0.2, -0.15) is 0 Å². The SMILES string of the molecule is COC(=O)c1ccc(OC)c2sc3ccccc3c12. The summed E-state index contributed by atoms with van der Waals surface area (Å²) in [5, 5.41) is 1.97. The van der Waals surface area contributed by atoms with Gasteiger partial charge in [0.1, 0.15) is 5.75 Å². The summed E-state index contributed by atoms with van der Waals surface area (Å²) in [5.74, 6) is 0.458. The van der Waals surface area contributed by atoms with Crippen LogP contribution in [0.15, 0.2) is 36.4 Å². The van der Waals surface area contributed by atoms with Gasteiger partial charge in [-0.1, -0.05) is 18.2 Å². The van der Waals surface area contributed by atoms with Crippen molar-refractivity contribution in [2.75, 3.05) is 14.2 Å². The first kappa shape index (κ1) is 12.0. The minimum absolute atomic E-state index is 0.323. The maximum absolute atomic E-state index is 11.9. The van der Waals surface area contributed by atoms with E-state index in [1.165, 1.54) is 7.11 Å². The lowest BCUT2D eigenvalue weighted by Crippen LogP contribution is -2.01. The van der Waals surface area contributed by atoms with E-state index in [-0.39, 0.29) is 5.97 Å². The van der Waals surface area contributed by atoms with E-state index in [2.05, 4.69) is 0 Å². The Bertz CT molecular complexity index is 774. The number of ether oxygens (including phenoxy) is 2. The van der Waals surface area contributed by atoms with E-state index in [4.69, 9.17) is 9.47 Å². The van der Waals surface area contributed by atoms with E-state index in [0.29, 0.717) is 5.56 Å². The van der Waals surface area contributed by atoms with Crippen LogP contribution < -0.4 is 4.74 Å². The molecule has 0 aliphatic rings. The Kier molecular flexibility index (Phi) is 2.87. The van der Waals surface area contributed by atoms with Crippen molar-refractivity contribution in [2.24, 2.45) is 0 Å². The molecule has 0 bridgehead atoms. The molecule has 0 saturated carbocycles. The molecule has 0 aliphatic carbocycles. The summed E-state index contributed by atoms with van der Waals surface area (Å²) in [6.07, 6.45) is 0. The monoisotopic (exact) mass is 272 g/mol. The highest BCUT2D eigenvalue weighted by molar-refractivity contribution is 7.26. The number of esters is 1. The minimum Gasteiger partial charge on any atom is -0.495 e. The molecule has 0 fully saturated rings. The number of carbonyl (C=O) groups excluding carboxylic acids is 1. The number of hydrogen-bond acceptors (Lipinski definition) is 4. The van der Waals surface area contributed by atoms with E-state index in [1.54, 1.807) is 24.5 Å². The van der Waals surface area contributed by atoms with Crippen LogP contribution in [0.1, 0.15) is 10.4 Å². The van der Waals surface area contributed by atoms with Gasteiger partial charge in [0, 0.05) is 15.5 Å². The Morgan fingerprint density at radius 1 is 1.11 bits per heavy atom. The van der Waals surface area contributed by atoms with Crippen molar-refractivity contribution in [1.82, 2.24) is 0 Å². The highest BCUT2D eigenvalue weighted by Crippen LogP contribution is 2.41. The van der Waals surface area contributed by atoms with Crippen molar-refractivity contribution in [2.45, 2.75) is 0 Å². The Hall–Kier alpha value is -2.07. The first-order valence-electron chi connectivity index (χ1n) is 5.83. The van der Waals surface area contributed by atoms with Gasteiger partial charge in [0.2, 0.25) is 0 Å². The van der Waals surface area contributed by atoms with Gasteiger partial charge in [0.25, 0.3) is 0 Å². The Morgan fingerprint density at radius 3 is 2.63 bits per heavy atom. The van der Waals surface area contributed by atoms with E-state index in [0.717, 1.165) is 25.9 Å². The van der Waals surface area contributed by atoms with Gasteiger partial charge < -0.3 is 9.47 Å². The molecule has 0 saturated heterocycles. The molecule has 3 aromatic rings. The molecule has 4 heteroatoms. The van der Waals surface area contributed by atoms with Crippen LogP contribution in [0, 0.1) is 0 Å². The van der Waals surface area contributed by atoms with E-state index < -0.39 is 0 Å². The highest BCUT2D eigenvalue weighted by atomic mass is 32.1. The van der Waals surface area contributed by atoms with Crippen LogP contribution in [0.3, 0.4) is 0 Å². The lowest BCUT2D eigenvalue weighted by Gasteiger charge is -2.05. The predicted octanol–water partition coefficient (Wildman–Crippen LogP) is 3.85. The van der Waals surface area contributed by atoms with Gasteiger partial charge in [-0.15, -0.1) is 11.3 Å². The van der Waals surface area contributed by atoms with Crippen molar-refractivity contribution < 1.29 is 14.3 Å². The number of carbonyl (C=O) groups is 1. The summed E-state index contributed by atoms with van der Waals surface area (Å²) in [4.78, 5) is 11.9. The molecule has 1 heterocycles. The molecule has 0 amide bonds. The fourth-order valence-corrected chi connectivity index (χ4v) is 3.47. The Morgan fingerprint density at radius 2 is 1.89 bits per heavy atom. The number of thiophene rings is 1. The molecule has 0 spiro atoms. The van der Waals surface area contributed by atoms with Crippen molar-refractivity contribution in [3.8, 4) is 5.75 Å². The Balaban J connectivity index is 2.49. The summed E-state index contributed by atoms with van der Waals surface area (Å²) in [5.41, 5.74) is 0.579. The first-order chi connectivity index (χ1) is 9.26. The summed E-state index contributed by atoms with van der Waals surface area (Å²) >= 11 is 1.62. The summed E-state index contributed by atoms with van der Waals surface area (Å²) in [7, 11) is 3.03. The van der Waals surface area contributed by atoms with Crippen molar-refractivity contribution in [1.29, 1.82) is 0 Å². The summed E-state index contributed by atoms with van der Waals surface area (Å²) in [6.45, 7) is 0. The second kappa shape index (κ2) is 4.55. The Labute approximate surface area is 114 Å².